The van der Waals surface area contributed by atoms with Crippen molar-refractivity contribution in [2.75, 3.05) is 6.61 Å². The fourth-order valence-electron chi connectivity index (χ4n) is 3.66. The standard InChI is InChI=1S/C23H18ClN3O3/c24-17-5-3-14-9-21(18(23(25)29)8-16(14)7-17)30-11-20(28)22-19-6-4-15(13-1-2-13)10-27(19)12-26-22/h3-10,12-13H,1-2,11H2,(H2,25,29). The Morgan fingerprint density at radius 3 is 2.73 bits per heavy atom. The van der Waals surface area contributed by atoms with Gasteiger partial charge in [-0.15, -0.1) is 0 Å². The molecule has 0 aliphatic heterocycles. The first-order valence-corrected chi connectivity index (χ1v) is 10.0. The first kappa shape index (κ1) is 18.6. The van der Waals surface area contributed by atoms with Crippen molar-refractivity contribution in [3.8, 4) is 5.75 Å². The maximum Gasteiger partial charge on any atom is 0.252 e. The van der Waals surface area contributed by atoms with Crippen LogP contribution in [0.4, 0.5) is 0 Å². The van der Waals surface area contributed by atoms with E-state index < -0.39 is 5.91 Å². The lowest BCUT2D eigenvalue weighted by molar-refractivity contribution is 0.0910. The lowest BCUT2D eigenvalue weighted by Gasteiger charge is -2.11. The molecular weight excluding hydrogens is 402 g/mol. The number of fused-ring (bicyclic) bond motifs is 2. The van der Waals surface area contributed by atoms with Crippen LogP contribution in [0.1, 0.15) is 45.2 Å². The highest BCUT2D eigenvalue weighted by Crippen LogP contribution is 2.40. The molecule has 0 radical (unpaired) electrons. The van der Waals surface area contributed by atoms with Crippen LogP contribution in [-0.4, -0.2) is 27.7 Å². The quantitative estimate of drug-likeness (QED) is 0.470. The zero-order valence-corrected chi connectivity index (χ0v) is 16.7. The number of nitrogens with zero attached hydrogens (tertiary/aromatic N) is 2. The molecule has 0 atom stereocenters. The van der Waals surface area contributed by atoms with Gasteiger partial charge in [-0.1, -0.05) is 23.7 Å². The number of nitrogens with two attached hydrogens (primary N) is 1. The average molecular weight is 420 g/mol. The number of amides is 1. The molecule has 1 fully saturated rings. The number of imidazole rings is 1. The molecule has 2 N–H and O–H groups in total. The van der Waals surface area contributed by atoms with Crippen LogP contribution in [0.5, 0.6) is 5.75 Å². The summed E-state index contributed by atoms with van der Waals surface area (Å²) >= 11 is 6.03. The van der Waals surface area contributed by atoms with Crippen molar-refractivity contribution < 1.29 is 14.3 Å². The number of benzene rings is 2. The number of primary amides is 1. The second-order valence-electron chi connectivity index (χ2n) is 7.54. The van der Waals surface area contributed by atoms with E-state index in [-0.39, 0.29) is 23.7 Å². The number of Topliss-reactive ketones (excluding diaryl/α,β-unsaturated/α-hetero) is 1. The highest BCUT2D eigenvalue weighted by Gasteiger charge is 2.24. The molecule has 0 bridgehead atoms. The van der Waals surface area contributed by atoms with Crippen molar-refractivity contribution >= 4 is 39.6 Å². The van der Waals surface area contributed by atoms with Crippen molar-refractivity contribution in [2.45, 2.75) is 18.8 Å². The highest BCUT2D eigenvalue weighted by atomic mass is 35.5. The number of hydrogen-bond donors (Lipinski definition) is 1. The Morgan fingerprint density at radius 1 is 1.13 bits per heavy atom. The Morgan fingerprint density at radius 2 is 1.97 bits per heavy atom. The van der Waals surface area contributed by atoms with Gasteiger partial charge in [0, 0.05) is 11.2 Å². The largest absolute Gasteiger partial charge is 0.485 e. The topological polar surface area (TPSA) is 86.7 Å². The van der Waals surface area contributed by atoms with Gasteiger partial charge in [-0.3, -0.25) is 9.59 Å². The molecule has 2 aromatic carbocycles. The van der Waals surface area contributed by atoms with Crippen LogP contribution in [0.25, 0.3) is 16.3 Å². The van der Waals surface area contributed by atoms with E-state index >= 15 is 0 Å². The molecule has 0 unspecified atom stereocenters. The first-order valence-electron chi connectivity index (χ1n) is 9.65. The van der Waals surface area contributed by atoms with E-state index in [1.165, 1.54) is 18.4 Å². The number of carbonyl (C=O) groups is 2. The van der Waals surface area contributed by atoms with Gasteiger partial charge in [0.15, 0.2) is 6.61 Å². The normalized spacial score (nSPS) is 13.6. The number of pyridine rings is 1. The van der Waals surface area contributed by atoms with Crippen LogP contribution in [-0.2, 0) is 0 Å². The number of aromatic nitrogens is 2. The van der Waals surface area contributed by atoms with Gasteiger partial charge in [-0.2, -0.15) is 0 Å². The van der Waals surface area contributed by atoms with Gasteiger partial charge in [0.05, 0.1) is 11.1 Å². The van der Waals surface area contributed by atoms with Crippen molar-refractivity contribution in [1.29, 1.82) is 0 Å². The molecule has 1 amide bonds. The van der Waals surface area contributed by atoms with Gasteiger partial charge in [0.1, 0.15) is 17.8 Å². The molecule has 30 heavy (non-hydrogen) atoms. The third-order valence-corrected chi connectivity index (χ3v) is 5.63. The summed E-state index contributed by atoms with van der Waals surface area (Å²) in [5.74, 6) is -0.0397. The zero-order valence-electron chi connectivity index (χ0n) is 16.0. The summed E-state index contributed by atoms with van der Waals surface area (Å²) < 4.78 is 7.58. The molecule has 1 aliphatic rings. The van der Waals surface area contributed by atoms with Crippen LogP contribution >= 0.6 is 11.6 Å². The minimum absolute atomic E-state index is 0.196. The van der Waals surface area contributed by atoms with E-state index in [1.807, 2.05) is 28.8 Å². The molecule has 0 spiro atoms. The Hall–Kier alpha value is -3.38. The molecular formula is C23H18ClN3O3. The van der Waals surface area contributed by atoms with Crippen molar-refractivity contribution in [3.05, 3.63) is 76.8 Å². The van der Waals surface area contributed by atoms with Gasteiger partial charge >= 0.3 is 0 Å². The SMILES string of the molecule is NC(=O)c1cc2cc(Cl)ccc2cc1OCC(=O)c1ncn2cc(C3CC3)ccc12. The maximum absolute atomic E-state index is 12.8. The second-order valence-corrected chi connectivity index (χ2v) is 7.97. The van der Waals surface area contributed by atoms with Crippen LogP contribution in [0.15, 0.2) is 55.0 Å². The summed E-state index contributed by atoms with van der Waals surface area (Å²) in [7, 11) is 0. The fourth-order valence-corrected chi connectivity index (χ4v) is 3.84. The highest BCUT2D eigenvalue weighted by molar-refractivity contribution is 6.31. The molecule has 1 saturated carbocycles. The first-order chi connectivity index (χ1) is 14.5. The maximum atomic E-state index is 12.8. The number of ether oxygens (including phenoxy) is 1. The number of hydrogen-bond acceptors (Lipinski definition) is 4. The molecule has 2 aromatic heterocycles. The zero-order chi connectivity index (χ0) is 20.8. The summed E-state index contributed by atoms with van der Waals surface area (Å²) in [4.78, 5) is 29.0. The van der Waals surface area contributed by atoms with Crippen LogP contribution in [0, 0.1) is 0 Å². The molecule has 0 saturated heterocycles. The van der Waals surface area contributed by atoms with Gasteiger partial charge in [-0.05, 0) is 65.4 Å². The van der Waals surface area contributed by atoms with Crippen molar-refractivity contribution in [1.82, 2.24) is 9.38 Å². The third kappa shape index (κ3) is 3.39. The average Bonchev–Trinajstić information content (AvgIpc) is 3.50. The minimum atomic E-state index is -0.639. The van der Waals surface area contributed by atoms with E-state index in [0.29, 0.717) is 16.6 Å². The smallest absolute Gasteiger partial charge is 0.252 e. The summed E-state index contributed by atoms with van der Waals surface area (Å²) in [6.45, 7) is -0.254. The predicted octanol–water partition coefficient (Wildman–Crippen LogP) is 4.38. The summed E-state index contributed by atoms with van der Waals surface area (Å²) in [5.41, 5.74) is 8.04. The van der Waals surface area contributed by atoms with E-state index in [1.54, 1.807) is 30.6 Å². The number of carbonyl (C=O) groups excluding carboxylic acids is 2. The van der Waals surface area contributed by atoms with E-state index in [0.717, 1.165) is 16.3 Å². The van der Waals surface area contributed by atoms with Crippen molar-refractivity contribution in [3.63, 3.8) is 0 Å². The number of halogens is 1. The van der Waals surface area contributed by atoms with E-state index in [9.17, 15) is 9.59 Å². The Bertz CT molecular complexity index is 1320. The number of ketones is 1. The summed E-state index contributed by atoms with van der Waals surface area (Å²) in [6, 6.07) is 12.6. The minimum Gasteiger partial charge on any atom is -0.485 e. The molecule has 1 aliphatic carbocycles. The molecule has 7 heteroatoms. The van der Waals surface area contributed by atoms with Gasteiger partial charge < -0.3 is 14.9 Å². The Labute approximate surface area is 177 Å². The predicted molar refractivity (Wildman–Crippen MR) is 114 cm³/mol. The van der Waals surface area contributed by atoms with Crippen LogP contribution < -0.4 is 10.5 Å². The van der Waals surface area contributed by atoms with Gasteiger partial charge in [-0.25, -0.2) is 4.98 Å². The van der Waals surface area contributed by atoms with Gasteiger partial charge in [0.25, 0.3) is 5.91 Å². The monoisotopic (exact) mass is 419 g/mol. The molecule has 5 rings (SSSR count). The number of rotatable bonds is 6. The molecule has 2 heterocycles. The fraction of sp³-hybridized carbons (Fsp3) is 0.174. The molecule has 6 nitrogen and oxygen atoms in total. The lowest BCUT2D eigenvalue weighted by Crippen LogP contribution is -2.17. The van der Waals surface area contributed by atoms with Crippen LogP contribution in [0.2, 0.25) is 5.02 Å². The Kier molecular flexibility index (Phi) is 4.44. The summed E-state index contributed by atoms with van der Waals surface area (Å²) in [6.07, 6.45) is 6.08. The molecule has 150 valence electrons. The van der Waals surface area contributed by atoms with Crippen molar-refractivity contribution in [2.24, 2.45) is 5.73 Å². The Balaban J connectivity index is 1.41. The van der Waals surface area contributed by atoms with E-state index in [4.69, 9.17) is 22.1 Å². The third-order valence-electron chi connectivity index (χ3n) is 5.39. The van der Waals surface area contributed by atoms with Crippen LogP contribution in [0.3, 0.4) is 0 Å². The molecule has 4 aromatic rings. The van der Waals surface area contributed by atoms with Gasteiger partial charge in [0.2, 0.25) is 5.78 Å². The lowest BCUT2D eigenvalue weighted by atomic mass is 10.1. The van der Waals surface area contributed by atoms with E-state index in [2.05, 4.69) is 4.98 Å². The second kappa shape index (κ2) is 7.15. The summed E-state index contributed by atoms with van der Waals surface area (Å²) in [5, 5.41) is 2.15.